The summed E-state index contributed by atoms with van der Waals surface area (Å²) in [7, 11) is 0. The summed E-state index contributed by atoms with van der Waals surface area (Å²) < 4.78 is 16.3. The van der Waals surface area contributed by atoms with E-state index in [1.54, 1.807) is 23.1 Å². The number of nitrogens with zero attached hydrogens (tertiary/aromatic N) is 3. The molecule has 2 amide bonds. The van der Waals surface area contributed by atoms with Crippen molar-refractivity contribution in [2.45, 2.75) is 65.0 Å². The van der Waals surface area contributed by atoms with Crippen molar-refractivity contribution in [3.05, 3.63) is 58.3 Å². The van der Waals surface area contributed by atoms with Crippen LogP contribution >= 0.6 is 0 Å². The van der Waals surface area contributed by atoms with Gasteiger partial charge >= 0.3 is 0 Å². The first kappa shape index (κ1) is 29.5. The summed E-state index contributed by atoms with van der Waals surface area (Å²) in [6.45, 7) is 8.94. The molecule has 0 radical (unpaired) electrons. The number of likely N-dealkylation sites (tertiary alicyclic amines) is 1. The Morgan fingerprint density at radius 3 is 2.44 bits per heavy atom. The quantitative estimate of drug-likeness (QED) is 0.535. The number of carbonyl (C=O) groups is 2. The molecule has 9 heteroatoms. The molecule has 1 aromatic carbocycles. The third-order valence-electron chi connectivity index (χ3n) is 9.64. The number of benzene rings is 1. The zero-order valence-corrected chi connectivity index (χ0v) is 24.5. The number of carbonyl (C=O) groups excluding carboxylic acids is 2. The van der Waals surface area contributed by atoms with E-state index in [9.17, 15) is 23.9 Å². The molecule has 1 aliphatic carbocycles. The van der Waals surface area contributed by atoms with Crippen molar-refractivity contribution in [1.82, 2.24) is 19.7 Å². The Morgan fingerprint density at radius 1 is 1.10 bits per heavy atom. The monoisotopic (exact) mass is 566 g/mol. The van der Waals surface area contributed by atoms with Crippen LogP contribution in [0.2, 0.25) is 0 Å². The molecule has 2 saturated heterocycles. The molecule has 2 aromatic rings. The zero-order valence-electron chi connectivity index (χ0n) is 24.5. The van der Waals surface area contributed by atoms with E-state index in [4.69, 9.17) is 0 Å². The van der Waals surface area contributed by atoms with Gasteiger partial charge in [0.25, 0.3) is 11.5 Å². The lowest BCUT2D eigenvalue weighted by Crippen LogP contribution is -2.61. The number of nitrogens with one attached hydrogen (secondary N) is 1. The molecule has 8 nitrogen and oxygen atoms in total. The van der Waals surface area contributed by atoms with Crippen LogP contribution in [-0.4, -0.2) is 76.2 Å². The Labute approximate surface area is 241 Å². The Balaban J connectivity index is 1.42. The maximum absolute atomic E-state index is 14.9. The summed E-state index contributed by atoms with van der Waals surface area (Å²) in [5.74, 6) is -0.0642. The van der Waals surface area contributed by atoms with Crippen molar-refractivity contribution in [2.24, 2.45) is 17.3 Å². The van der Waals surface area contributed by atoms with Crippen LogP contribution in [-0.2, 0) is 11.3 Å². The van der Waals surface area contributed by atoms with Gasteiger partial charge in [-0.25, -0.2) is 4.39 Å². The average molecular weight is 567 g/mol. The van der Waals surface area contributed by atoms with Crippen molar-refractivity contribution in [1.29, 1.82) is 0 Å². The van der Waals surface area contributed by atoms with E-state index < -0.39 is 22.4 Å². The Bertz CT molecular complexity index is 1350. The molecule has 2 N–H and O–H groups in total. The predicted octanol–water partition coefficient (Wildman–Crippen LogP) is 3.52. The van der Waals surface area contributed by atoms with Gasteiger partial charge < -0.3 is 24.8 Å². The number of piperazine rings is 1. The highest BCUT2D eigenvalue weighted by Crippen LogP contribution is 2.41. The van der Waals surface area contributed by atoms with Crippen molar-refractivity contribution in [2.75, 3.05) is 39.3 Å². The smallest absolute Gasteiger partial charge is 0.256 e. The molecule has 3 fully saturated rings. The predicted molar refractivity (Wildman–Crippen MR) is 156 cm³/mol. The fourth-order valence-electron chi connectivity index (χ4n) is 6.57. The number of pyridine rings is 1. The molecular formula is C32H43FN4O4. The minimum Gasteiger partial charge on any atom is -0.387 e. The molecule has 1 aromatic heterocycles. The molecule has 222 valence electrons. The SMILES string of the molecule is CC(CC1CCC1)C(=O)N1CC[C@](O)(Cn2cc(C(=O)N3CCNCC3)c(-c3ccccc3F)cc2=O)C(C)(C)C1. The maximum atomic E-state index is 14.9. The fraction of sp³-hybridized carbons (Fsp3) is 0.594. The summed E-state index contributed by atoms with van der Waals surface area (Å²) in [5.41, 5.74) is -1.74. The third-order valence-corrected chi connectivity index (χ3v) is 9.64. The lowest BCUT2D eigenvalue weighted by Gasteiger charge is -2.51. The van der Waals surface area contributed by atoms with Gasteiger partial charge in [0.05, 0.1) is 17.7 Å². The van der Waals surface area contributed by atoms with E-state index in [0.717, 1.165) is 6.42 Å². The van der Waals surface area contributed by atoms with Gasteiger partial charge in [-0.2, -0.15) is 0 Å². The molecule has 2 atom stereocenters. The largest absolute Gasteiger partial charge is 0.387 e. The lowest BCUT2D eigenvalue weighted by atomic mass is 9.69. The highest BCUT2D eigenvalue weighted by atomic mass is 19.1. The van der Waals surface area contributed by atoms with Gasteiger partial charge in [0.15, 0.2) is 0 Å². The van der Waals surface area contributed by atoms with E-state index in [1.807, 2.05) is 25.7 Å². The van der Waals surface area contributed by atoms with Crippen molar-refractivity contribution < 1.29 is 19.1 Å². The number of hydrogen-bond acceptors (Lipinski definition) is 5. The highest BCUT2D eigenvalue weighted by Gasteiger charge is 2.49. The maximum Gasteiger partial charge on any atom is 0.256 e. The Kier molecular flexibility index (Phi) is 8.39. The number of rotatable bonds is 7. The first-order chi connectivity index (χ1) is 19.5. The molecule has 0 bridgehead atoms. The number of piperidine rings is 1. The van der Waals surface area contributed by atoms with Crippen LogP contribution < -0.4 is 10.9 Å². The topological polar surface area (TPSA) is 94.9 Å². The fourth-order valence-corrected chi connectivity index (χ4v) is 6.57. The highest BCUT2D eigenvalue weighted by molar-refractivity contribution is 6.00. The molecule has 3 aliphatic rings. The number of aromatic nitrogens is 1. The van der Waals surface area contributed by atoms with Gasteiger partial charge in [-0.1, -0.05) is 58.2 Å². The van der Waals surface area contributed by atoms with E-state index in [2.05, 4.69) is 5.32 Å². The van der Waals surface area contributed by atoms with Gasteiger partial charge in [0, 0.05) is 74.0 Å². The minimum absolute atomic E-state index is 0.0299. The summed E-state index contributed by atoms with van der Waals surface area (Å²) in [6.07, 6.45) is 6.36. The molecule has 1 saturated carbocycles. The van der Waals surface area contributed by atoms with Gasteiger partial charge in [-0.3, -0.25) is 14.4 Å². The van der Waals surface area contributed by atoms with Crippen LogP contribution in [0.3, 0.4) is 0 Å². The van der Waals surface area contributed by atoms with Crippen LogP contribution in [0.5, 0.6) is 0 Å². The zero-order chi connectivity index (χ0) is 29.4. The number of hydrogen-bond donors (Lipinski definition) is 2. The third kappa shape index (κ3) is 5.97. The van der Waals surface area contributed by atoms with Crippen LogP contribution in [0.25, 0.3) is 11.1 Å². The number of amides is 2. The molecule has 1 unspecified atom stereocenters. The average Bonchev–Trinajstić information content (AvgIpc) is 2.93. The number of aliphatic hydroxyl groups is 1. The second kappa shape index (κ2) is 11.7. The molecule has 0 spiro atoms. The summed E-state index contributed by atoms with van der Waals surface area (Å²) in [5, 5.41) is 15.2. The Morgan fingerprint density at radius 2 is 1.80 bits per heavy atom. The second-order valence-corrected chi connectivity index (χ2v) is 12.9. The molecule has 2 aliphatic heterocycles. The van der Waals surface area contributed by atoms with Gasteiger partial charge in [-0.05, 0) is 24.8 Å². The summed E-state index contributed by atoms with van der Waals surface area (Å²) in [4.78, 5) is 44.0. The van der Waals surface area contributed by atoms with Crippen molar-refractivity contribution >= 4 is 11.8 Å². The van der Waals surface area contributed by atoms with Crippen LogP contribution in [0.1, 0.15) is 63.2 Å². The first-order valence-corrected chi connectivity index (χ1v) is 15.0. The van der Waals surface area contributed by atoms with E-state index in [0.29, 0.717) is 51.6 Å². The van der Waals surface area contributed by atoms with Crippen molar-refractivity contribution in [3.63, 3.8) is 0 Å². The van der Waals surface area contributed by atoms with Gasteiger partial charge in [-0.15, -0.1) is 0 Å². The summed E-state index contributed by atoms with van der Waals surface area (Å²) >= 11 is 0. The molecule has 5 rings (SSSR count). The van der Waals surface area contributed by atoms with E-state index >= 15 is 0 Å². The molecule has 41 heavy (non-hydrogen) atoms. The van der Waals surface area contributed by atoms with Crippen LogP contribution in [0, 0.1) is 23.1 Å². The summed E-state index contributed by atoms with van der Waals surface area (Å²) in [6, 6.07) is 7.44. The number of halogens is 1. The van der Waals surface area contributed by atoms with Crippen LogP contribution in [0.15, 0.2) is 41.3 Å². The van der Waals surface area contributed by atoms with Gasteiger partial charge in [0.1, 0.15) is 5.82 Å². The first-order valence-electron chi connectivity index (χ1n) is 15.0. The standard InChI is InChI=1S/C32H43FN4O4/c1-22(17-23-7-6-8-23)29(39)36-14-11-32(41,31(2,3)20-36)21-37-19-26(30(40)35-15-12-34-13-16-35)25(18-28(37)38)24-9-4-5-10-27(24)33/h4-5,9-10,18-19,22-23,34,41H,6-8,11-17,20-21H2,1-3H3/t22?,32-/m0/s1. The van der Waals surface area contributed by atoms with Crippen LogP contribution in [0.4, 0.5) is 4.39 Å². The Hall–Kier alpha value is -3.04. The minimum atomic E-state index is -1.29. The molecular weight excluding hydrogens is 523 g/mol. The van der Waals surface area contributed by atoms with Gasteiger partial charge in [0.2, 0.25) is 5.91 Å². The second-order valence-electron chi connectivity index (χ2n) is 12.9. The molecule has 3 heterocycles. The van der Waals surface area contributed by atoms with Crippen molar-refractivity contribution in [3.8, 4) is 11.1 Å². The normalized spacial score (nSPS) is 23.6. The lowest BCUT2D eigenvalue weighted by molar-refractivity contribution is -0.157. The van der Waals surface area contributed by atoms with E-state index in [1.165, 1.54) is 42.2 Å². The van der Waals surface area contributed by atoms with E-state index in [-0.39, 0.29) is 41.0 Å².